The Bertz CT molecular complexity index is 576. The molecule has 0 saturated carbocycles. The van der Waals surface area contributed by atoms with Crippen LogP contribution in [0.5, 0.6) is 5.75 Å². The van der Waals surface area contributed by atoms with Crippen molar-refractivity contribution in [3.8, 4) is 5.75 Å². The highest BCUT2D eigenvalue weighted by Gasteiger charge is 2.13. The van der Waals surface area contributed by atoms with E-state index in [0.29, 0.717) is 13.0 Å². The minimum atomic E-state index is -0.767. The van der Waals surface area contributed by atoms with Crippen LogP contribution in [0.4, 0.5) is 0 Å². The second-order valence-electron chi connectivity index (χ2n) is 6.25. The van der Waals surface area contributed by atoms with E-state index in [2.05, 4.69) is 4.90 Å². The third kappa shape index (κ3) is 5.71. The van der Waals surface area contributed by atoms with Gasteiger partial charge in [0, 0.05) is 31.3 Å². The number of hydrogen-bond acceptors (Lipinski definition) is 4. The van der Waals surface area contributed by atoms with Crippen molar-refractivity contribution in [1.29, 1.82) is 0 Å². The number of aryl methyl sites for hydroxylation is 1. The van der Waals surface area contributed by atoms with Crippen LogP contribution >= 0.6 is 0 Å². The van der Waals surface area contributed by atoms with Crippen molar-refractivity contribution in [1.82, 2.24) is 9.47 Å². The standard InChI is InChI=1S/C17H26N2O4/c20-15-11-14(12-18-8-4-2-5-9-18)19(13-16(15)21)10-6-1-3-7-17(22)23/h11,13,21H,1-10,12H2,(H,22,23). The first-order chi connectivity index (χ1) is 11.1. The molecule has 1 saturated heterocycles. The maximum atomic E-state index is 11.7. The van der Waals surface area contributed by atoms with Crippen LogP contribution in [-0.2, 0) is 17.9 Å². The van der Waals surface area contributed by atoms with E-state index in [1.54, 1.807) is 0 Å². The summed E-state index contributed by atoms with van der Waals surface area (Å²) in [5, 5.41) is 18.3. The molecule has 0 amide bonds. The van der Waals surface area contributed by atoms with Crippen LogP contribution in [0.2, 0.25) is 0 Å². The molecule has 0 aromatic carbocycles. The van der Waals surface area contributed by atoms with Gasteiger partial charge in [0.15, 0.2) is 5.75 Å². The molecule has 2 rings (SSSR count). The van der Waals surface area contributed by atoms with Crippen molar-refractivity contribution >= 4 is 5.97 Å². The Morgan fingerprint density at radius 2 is 1.87 bits per heavy atom. The topological polar surface area (TPSA) is 82.8 Å². The Morgan fingerprint density at radius 3 is 2.57 bits per heavy atom. The molecule has 0 radical (unpaired) electrons. The zero-order valence-corrected chi connectivity index (χ0v) is 13.5. The average molecular weight is 322 g/mol. The molecule has 0 atom stereocenters. The van der Waals surface area contributed by atoms with Gasteiger partial charge in [-0.1, -0.05) is 12.8 Å². The van der Waals surface area contributed by atoms with Crippen LogP contribution < -0.4 is 5.43 Å². The number of unbranched alkanes of at least 4 members (excludes halogenated alkanes) is 2. The summed E-state index contributed by atoms with van der Waals surface area (Å²) in [4.78, 5) is 24.6. The van der Waals surface area contributed by atoms with Gasteiger partial charge < -0.3 is 14.8 Å². The Hall–Kier alpha value is -1.82. The molecular formula is C17H26N2O4. The number of aliphatic carboxylic acids is 1. The van der Waals surface area contributed by atoms with Crippen molar-refractivity contribution in [2.24, 2.45) is 0 Å². The first-order valence-electron chi connectivity index (χ1n) is 8.43. The number of pyridine rings is 1. The van der Waals surface area contributed by atoms with Gasteiger partial charge in [-0.3, -0.25) is 14.5 Å². The maximum Gasteiger partial charge on any atom is 0.303 e. The molecule has 1 aliphatic heterocycles. The van der Waals surface area contributed by atoms with E-state index in [1.165, 1.54) is 31.5 Å². The Balaban J connectivity index is 1.97. The molecule has 1 aromatic heterocycles. The monoisotopic (exact) mass is 322 g/mol. The van der Waals surface area contributed by atoms with Gasteiger partial charge in [0.1, 0.15) is 0 Å². The molecule has 128 valence electrons. The smallest absolute Gasteiger partial charge is 0.303 e. The lowest BCUT2D eigenvalue weighted by Gasteiger charge is -2.27. The van der Waals surface area contributed by atoms with Gasteiger partial charge in [-0.25, -0.2) is 0 Å². The van der Waals surface area contributed by atoms with Gasteiger partial charge in [-0.2, -0.15) is 0 Å². The highest BCUT2D eigenvalue weighted by Crippen LogP contribution is 2.15. The predicted octanol–water partition coefficient (Wildman–Crippen LogP) is 2.18. The van der Waals surface area contributed by atoms with E-state index in [0.717, 1.165) is 38.2 Å². The van der Waals surface area contributed by atoms with E-state index in [-0.39, 0.29) is 17.6 Å². The highest BCUT2D eigenvalue weighted by atomic mass is 16.4. The van der Waals surface area contributed by atoms with E-state index >= 15 is 0 Å². The summed E-state index contributed by atoms with van der Waals surface area (Å²) < 4.78 is 1.94. The lowest BCUT2D eigenvalue weighted by molar-refractivity contribution is -0.137. The Labute approximate surface area is 136 Å². The molecular weight excluding hydrogens is 296 g/mol. The highest BCUT2D eigenvalue weighted by molar-refractivity contribution is 5.66. The largest absolute Gasteiger partial charge is 0.503 e. The summed E-state index contributed by atoms with van der Waals surface area (Å²) in [5.74, 6) is -0.991. The molecule has 0 aliphatic carbocycles. The van der Waals surface area contributed by atoms with E-state index in [1.807, 2.05) is 4.57 Å². The molecule has 1 fully saturated rings. The number of carbonyl (C=O) groups is 1. The van der Waals surface area contributed by atoms with E-state index < -0.39 is 5.97 Å². The molecule has 0 spiro atoms. The van der Waals surface area contributed by atoms with Crippen LogP contribution in [0, 0.1) is 0 Å². The number of likely N-dealkylation sites (tertiary alicyclic amines) is 1. The summed E-state index contributed by atoms with van der Waals surface area (Å²) in [7, 11) is 0. The fourth-order valence-electron chi connectivity index (χ4n) is 3.03. The third-order valence-corrected chi connectivity index (χ3v) is 4.32. The van der Waals surface area contributed by atoms with E-state index in [4.69, 9.17) is 5.11 Å². The molecule has 6 heteroatoms. The summed E-state index contributed by atoms with van der Waals surface area (Å²) in [6.07, 6.45) is 7.67. The van der Waals surface area contributed by atoms with Crippen LogP contribution in [-0.4, -0.2) is 38.7 Å². The number of nitrogens with zero attached hydrogens (tertiary/aromatic N) is 2. The number of carboxylic acids is 1. The zero-order valence-electron chi connectivity index (χ0n) is 13.5. The van der Waals surface area contributed by atoms with Gasteiger partial charge in [0.05, 0.1) is 6.20 Å². The van der Waals surface area contributed by atoms with Crippen molar-refractivity contribution in [3.63, 3.8) is 0 Å². The Kier molecular flexibility index (Phi) is 6.65. The first kappa shape index (κ1) is 17.5. The SMILES string of the molecule is O=C(O)CCCCCn1cc(O)c(=O)cc1CN1CCCCC1. The quantitative estimate of drug-likeness (QED) is 0.717. The van der Waals surface area contributed by atoms with Gasteiger partial charge in [-0.15, -0.1) is 0 Å². The lowest BCUT2D eigenvalue weighted by Crippen LogP contribution is -2.31. The first-order valence-corrected chi connectivity index (χ1v) is 8.43. The second-order valence-corrected chi connectivity index (χ2v) is 6.25. The Morgan fingerprint density at radius 1 is 1.13 bits per heavy atom. The van der Waals surface area contributed by atoms with Crippen molar-refractivity contribution in [2.45, 2.75) is 58.0 Å². The fraction of sp³-hybridized carbons (Fsp3) is 0.647. The minimum Gasteiger partial charge on any atom is -0.503 e. The number of piperidine rings is 1. The molecule has 2 N–H and O–H groups in total. The number of aromatic hydroxyl groups is 1. The number of aromatic nitrogens is 1. The maximum absolute atomic E-state index is 11.7. The third-order valence-electron chi connectivity index (χ3n) is 4.32. The van der Waals surface area contributed by atoms with Crippen LogP contribution in [0.25, 0.3) is 0 Å². The molecule has 1 aromatic rings. The number of carboxylic acid groups (broad SMARTS) is 1. The van der Waals surface area contributed by atoms with Gasteiger partial charge in [0.2, 0.25) is 5.43 Å². The van der Waals surface area contributed by atoms with Crippen molar-refractivity contribution in [2.75, 3.05) is 13.1 Å². The summed E-state index contributed by atoms with van der Waals surface area (Å²) in [6, 6.07) is 1.53. The molecule has 23 heavy (non-hydrogen) atoms. The van der Waals surface area contributed by atoms with E-state index in [9.17, 15) is 14.7 Å². The molecule has 1 aliphatic rings. The summed E-state index contributed by atoms with van der Waals surface area (Å²) >= 11 is 0. The lowest BCUT2D eigenvalue weighted by atomic mass is 10.1. The van der Waals surface area contributed by atoms with Gasteiger partial charge >= 0.3 is 5.97 Å². The molecule has 0 unspecified atom stereocenters. The normalized spacial score (nSPS) is 15.7. The summed E-state index contributed by atoms with van der Waals surface area (Å²) in [5.41, 5.74) is 0.590. The second kappa shape index (κ2) is 8.72. The van der Waals surface area contributed by atoms with Crippen molar-refractivity contribution < 1.29 is 15.0 Å². The zero-order chi connectivity index (χ0) is 16.7. The van der Waals surface area contributed by atoms with Crippen LogP contribution in [0.15, 0.2) is 17.1 Å². The predicted molar refractivity (Wildman–Crippen MR) is 87.6 cm³/mol. The molecule has 2 heterocycles. The van der Waals surface area contributed by atoms with Gasteiger partial charge in [-0.05, 0) is 38.8 Å². The molecule has 0 bridgehead atoms. The average Bonchev–Trinajstić information content (AvgIpc) is 2.52. The summed E-state index contributed by atoms with van der Waals surface area (Å²) in [6.45, 7) is 3.52. The fourth-order valence-corrected chi connectivity index (χ4v) is 3.03. The van der Waals surface area contributed by atoms with Crippen LogP contribution in [0.3, 0.4) is 0 Å². The molecule has 6 nitrogen and oxygen atoms in total. The number of rotatable bonds is 8. The van der Waals surface area contributed by atoms with Crippen LogP contribution in [0.1, 0.15) is 50.6 Å². The van der Waals surface area contributed by atoms with Gasteiger partial charge in [0.25, 0.3) is 0 Å². The van der Waals surface area contributed by atoms with Crippen molar-refractivity contribution in [3.05, 3.63) is 28.2 Å². The minimum absolute atomic E-state index is 0.191. The number of hydrogen-bond donors (Lipinski definition) is 2.